The summed E-state index contributed by atoms with van der Waals surface area (Å²) in [5.41, 5.74) is 0.151. The molecule has 1 saturated carbocycles. The zero-order valence-electron chi connectivity index (χ0n) is 21.8. The first kappa shape index (κ1) is 28.7. The lowest BCUT2D eigenvalue weighted by molar-refractivity contribution is -0.152. The number of aliphatic carboxylic acids is 1. The number of carboxylic acid groups (broad SMARTS) is 1. The number of sulfonamides is 1. The molecule has 2 aliphatic heterocycles. The molecule has 0 bridgehead atoms. The van der Waals surface area contributed by atoms with E-state index in [9.17, 15) is 27.5 Å². The quantitative estimate of drug-likeness (QED) is 0.452. The van der Waals surface area contributed by atoms with Crippen molar-refractivity contribution in [3.8, 4) is 0 Å². The molecule has 1 atom stereocenters. The number of methoxy groups -OCH3 is 1. The van der Waals surface area contributed by atoms with Crippen LogP contribution in [0.15, 0.2) is 46.0 Å². The number of carbonyl (C=O) groups excluding carboxylic acids is 1. The minimum absolute atomic E-state index is 0.0809. The van der Waals surface area contributed by atoms with Crippen LogP contribution in [0.2, 0.25) is 5.02 Å². The van der Waals surface area contributed by atoms with E-state index in [1.54, 1.807) is 18.5 Å². The molecule has 40 heavy (non-hydrogen) atoms. The summed E-state index contributed by atoms with van der Waals surface area (Å²) in [7, 11) is -2.41. The lowest BCUT2D eigenvalue weighted by atomic mass is 9.70. The van der Waals surface area contributed by atoms with E-state index in [-0.39, 0.29) is 42.4 Å². The number of nitrogens with zero attached hydrogens (tertiary/aromatic N) is 3. The summed E-state index contributed by atoms with van der Waals surface area (Å²) in [5, 5.41) is 14.4. The molecule has 0 radical (unpaired) electrons. The highest BCUT2D eigenvalue weighted by atomic mass is 35.5. The summed E-state index contributed by atoms with van der Waals surface area (Å²) in [4.78, 5) is 33.7. The van der Waals surface area contributed by atoms with Gasteiger partial charge in [-0.25, -0.2) is 26.9 Å². The van der Waals surface area contributed by atoms with Gasteiger partial charge in [0.15, 0.2) is 10.8 Å². The van der Waals surface area contributed by atoms with E-state index >= 15 is 0 Å². The fraction of sp³-hybridized carbons (Fsp3) is 0.462. The first-order valence-electron chi connectivity index (χ1n) is 12.7. The fourth-order valence-electron chi connectivity index (χ4n) is 5.56. The molecule has 3 aliphatic rings. The van der Waals surface area contributed by atoms with Gasteiger partial charge in [-0.05, 0) is 44.7 Å². The summed E-state index contributed by atoms with van der Waals surface area (Å²) < 4.78 is 46.9. The molecule has 1 aliphatic carbocycles. The Morgan fingerprint density at radius 2 is 1.98 bits per heavy atom. The van der Waals surface area contributed by atoms with E-state index in [4.69, 9.17) is 21.3 Å². The van der Waals surface area contributed by atoms with Gasteiger partial charge in [0, 0.05) is 46.9 Å². The van der Waals surface area contributed by atoms with Crippen molar-refractivity contribution in [3.63, 3.8) is 0 Å². The van der Waals surface area contributed by atoms with Crippen molar-refractivity contribution in [1.82, 2.24) is 14.6 Å². The number of hydrogen-bond donors (Lipinski definition) is 2. The van der Waals surface area contributed by atoms with Gasteiger partial charge in [-0.15, -0.1) is 11.3 Å². The number of aromatic nitrogens is 1. The maximum Gasteiger partial charge on any atom is 0.338 e. The number of aliphatic imine (C=N–C) groups is 1. The first-order valence-corrected chi connectivity index (χ1v) is 15.4. The second-order valence-electron chi connectivity index (χ2n) is 10.4. The number of nitrogens with one attached hydrogen (secondary N) is 1. The van der Waals surface area contributed by atoms with E-state index < -0.39 is 44.5 Å². The van der Waals surface area contributed by atoms with Crippen LogP contribution in [0.5, 0.6) is 0 Å². The Bertz CT molecular complexity index is 1500. The van der Waals surface area contributed by atoms with Gasteiger partial charge in [-0.2, -0.15) is 0 Å². The maximum absolute atomic E-state index is 13.9. The molecule has 0 amide bonds. The smallest absolute Gasteiger partial charge is 0.338 e. The third-order valence-electron chi connectivity index (χ3n) is 7.89. The van der Waals surface area contributed by atoms with Gasteiger partial charge >= 0.3 is 11.9 Å². The molecule has 2 fully saturated rings. The molecule has 1 aromatic carbocycles. The lowest BCUT2D eigenvalue weighted by Crippen LogP contribution is -2.54. The Morgan fingerprint density at radius 3 is 2.55 bits per heavy atom. The molecule has 3 heterocycles. The van der Waals surface area contributed by atoms with Gasteiger partial charge in [-0.1, -0.05) is 17.7 Å². The van der Waals surface area contributed by atoms with Crippen molar-refractivity contribution in [1.29, 1.82) is 0 Å². The topological polar surface area (TPSA) is 138 Å². The Morgan fingerprint density at radius 1 is 1.27 bits per heavy atom. The Hall–Kier alpha value is -2.87. The van der Waals surface area contributed by atoms with Crippen LogP contribution in [0, 0.1) is 17.2 Å². The van der Waals surface area contributed by atoms with Crippen molar-refractivity contribution in [2.75, 3.05) is 20.2 Å². The molecule has 0 spiro atoms. The lowest BCUT2D eigenvalue weighted by Gasteiger charge is -2.44. The van der Waals surface area contributed by atoms with Gasteiger partial charge in [-0.3, -0.25) is 9.79 Å². The van der Waals surface area contributed by atoms with Gasteiger partial charge in [0.25, 0.3) is 0 Å². The van der Waals surface area contributed by atoms with E-state index in [1.165, 1.54) is 34.9 Å². The highest BCUT2D eigenvalue weighted by Crippen LogP contribution is 2.46. The molecule has 1 saturated heterocycles. The Balaban J connectivity index is 1.45. The number of esters is 1. The molecular weight excluding hydrogens is 583 g/mol. The molecular formula is C26H28ClFN4O6S2. The monoisotopic (exact) mass is 610 g/mol. The van der Waals surface area contributed by atoms with E-state index in [1.807, 2.05) is 0 Å². The average Bonchev–Trinajstić information content (AvgIpc) is 3.45. The van der Waals surface area contributed by atoms with Crippen LogP contribution in [-0.4, -0.2) is 66.0 Å². The number of rotatable bonds is 7. The number of carboxylic acids is 1. The van der Waals surface area contributed by atoms with Crippen molar-refractivity contribution in [2.45, 2.75) is 43.9 Å². The number of carbonyl (C=O) groups is 2. The van der Waals surface area contributed by atoms with Gasteiger partial charge in [0.1, 0.15) is 11.9 Å². The number of benzene rings is 1. The van der Waals surface area contributed by atoms with E-state index in [2.05, 4.69) is 10.3 Å². The number of thiazole rings is 1. The largest absolute Gasteiger partial charge is 0.481 e. The Labute approximate surface area is 240 Å². The second-order valence-corrected chi connectivity index (χ2v) is 14.0. The summed E-state index contributed by atoms with van der Waals surface area (Å²) in [6, 6.07) is 2.98. The molecule has 2 aromatic rings. The van der Waals surface area contributed by atoms with Crippen molar-refractivity contribution in [3.05, 3.63) is 62.5 Å². The summed E-state index contributed by atoms with van der Waals surface area (Å²) >= 11 is 7.76. The number of ether oxygens (including phenoxy) is 1. The predicted molar refractivity (Wildman–Crippen MR) is 147 cm³/mol. The third-order valence-corrected chi connectivity index (χ3v) is 11.3. The van der Waals surface area contributed by atoms with E-state index in [0.29, 0.717) is 34.9 Å². The second kappa shape index (κ2) is 10.8. The van der Waals surface area contributed by atoms with Gasteiger partial charge < -0.3 is 15.2 Å². The van der Waals surface area contributed by atoms with E-state index in [0.717, 1.165) is 6.07 Å². The minimum atomic E-state index is -3.67. The molecule has 0 unspecified atom stereocenters. The van der Waals surface area contributed by atoms with Crippen molar-refractivity contribution >= 4 is 50.7 Å². The number of amidine groups is 1. The highest BCUT2D eigenvalue weighted by Gasteiger charge is 2.53. The summed E-state index contributed by atoms with van der Waals surface area (Å²) in [5.74, 6) is -1.98. The van der Waals surface area contributed by atoms with Crippen LogP contribution < -0.4 is 5.32 Å². The van der Waals surface area contributed by atoms with Crippen molar-refractivity contribution < 1.29 is 32.2 Å². The van der Waals surface area contributed by atoms with Crippen molar-refractivity contribution in [2.24, 2.45) is 16.3 Å². The number of allylic oxidation sites excluding steroid dienone is 1. The highest BCUT2D eigenvalue weighted by molar-refractivity contribution is 7.89. The molecule has 2 N–H and O–H groups in total. The number of hydrogen-bond acceptors (Lipinski definition) is 9. The van der Waals surface area contributed by atoms with Crippen LogP contribution in [0.1, 0.15) is 49.2 Å². The van der Waals surface area contributed by atoms with Crippen LogP contribution in [0.4, 0.5) is 4.39 Å². The molecule has 1 aromatic heterocycles. The third kappa shape index (κ3) is 5.15. The zero-order chi connectivity index (χ0) is 28.8. The normalized spacial score (nSPS) is 26.1. The molecule has 14 heteroatoms. The zero-order valence-corrected chi connectivity index (χ0v) is 24.2. The molecule has 10 nitrogen and oxygen atoms in total. The summed E-state index contributed by atoms with van der Waals surface area (Å²) in [6.07, 6.45) is 2.59. The van der Waals surface area contributed by atoms with Crippen LogP contribution in [0.25, 0.3) is 0 Å². The summed E-state index contributed by atoms with van der Waals surface area (Å²) in [6.45, 7) is 1.98. The SMILES string of the molecule is COC(=O)C1=C(C2CCN(S(=O)(=O)C3CC(C)(C(=O)O)C3)CC2)NC(c2nccs2)=N[C@@H]1c1ccc(F)cc1Cl. The first-order chi connectivity index (χ1) is 18.9. The standard InChI is InChI=1S/C26H28ClFN4O6S2/c1-26(25(34)35)12-16(13-26)40(36,37)32-8-5-14(6-9-32)20-19(24(33)38-2)21(17-4-3-15(28)11-18(17)27)31-22(30-20)23-29-7-10-39-23/h3-4,7,10-11,14,16,21H,5-6,8-9,12-13H2,1-2H3,(H,30,31)(H,34,35)/t16?,21-,26?/m1/s1. The fourth-order valence-corrected chi connectivity index (χ4v) is 8.72. The number of piperidine rings is 1. The molecule has 214 valence electrons. The van der Waals surface area contributed by atoms with Crippen LogP contribution in [0.3, 0.4) is 0 Å². The predicted octanol–water partition coefficient (Wildman–Crippen LogP) is 3.75. The maximum atomic E-state index is 13.9. The number of halogens is 2. The average molecular weight is 611 g/mol. The minimum Gasteiger partial charge on any atom is -0.481 e. The van der Waals surface area contributed by atoms with Gasteiger partial charge in [0.2, 0.25) is 10.0 Å². The van der Waals surface area contributed by atoms with Gasteiger partial charge in [0.05, 0.1) is 23.3 Å². The van der Waals surface area contributed by atoms with Crippen LogP contribution in [-0.2, 0) is 24.3 Å². The van der Waals surface area contributed by atoms with Crippen LogP contribution >= 0.6 is 22.9 Å². The Kier molecular flexibility index (Phi) is 7.77. The molecule has 5 rings (SSSR count).